The number of rotatable bonds is 9. The van der Waals surface area contributed by atoms with Crippen molar-refractivity contribution >= 4 is 30.0 Å². The zero-order valence-corrected chi connectivity index (χ0v) is 20.5. The first-order valence-electron chi connectivity index (χ1n) is 10.7. The van der Waals surface area contributed by atoms with Crippen LogP contribution >= 0.6 is 15.9 Å². The number of halogens is 1. The molecular weight excluding hydrogens is 442 g/mol. The van der Waals surface area contributed by atoms with Gasteiger partial charge in [-0.25, -0.2) is 0 Å². The molecule has 1 aliphatic rings. The van der Waals surface area contributed by atoms with Crippen LogP contribution in [-0.2, 0) is 15.7 Å². The van der Waals surface area contributed by atoms with Gasteiger partial charge < -0.3 is 9.26 Å². The third-order valence-electron chi connectivity index (χ3n) is 6.32. The molecule has 3 nitrogen and oxygen atoms in total. The van der Waals surface area contributed by atoms with Gasteiger partial charge in [0.2, 0.25) is 0 Å². The number of hydrogen-bond acceptors (Lipinski definition) is 3. The van der Waals surface area contributed by atoms with Crippen molar-refractivity contribution in [3.63, 3.8) is 0 Å². The number of benzene rings is 2. The van der Waals surface area contributed by atoms with Crippen LogP contribution in [0, 0.1) is 5.92 Å². The topological polar surface area (TPSA) is 30.8 Å². The van der Waals surface area contributed by atoms with Crippen LogP contribution in [0.3, 0.4) is 0 Å². The van der Waals surface area contributed by atoms with E-state index in [-0.39, 0.29) is 18.1 Å². The molecule has 5 heteroatoms. The van der Waals surface area contributed by atoms with Crippen LogP contribution in [-0.4, -0.2) is 26.2 Å². The van der Waals surface area contributed by atoms with Gasteiger partial charge in [-0.2, -0.15) is 0 Å². The molecule has 0 N–H and O–H groups in total. The molecule has 0 saturated carbocycles. The molecule has 0 bridgehead atoms. The summed E-state index contributed by atoms with van der Waals surface area (Å²) in [4.78, 5) is 6.06. The van der Waals surface area contributed by atoms with E-state index in [4.69, 9.17) is 9.26 Å². The van der Waals surface area contributed by atoms with Crippen LogP contribution in [0.1, 0.15) is 38.8 Å². The molecule has 1 heterocycles. The Bertz CT molecular complexity index is 814. The Balaban J connectivity index is 1.89. The molecule has 3 atom stereocenters. The molecule has 0 unspecified atom stereocenters. The fourth-order valence-electron chi connectivity index (χ4n) is 4.28. The van der Waals surface area contributed by atoms with Gasteiger partial charge in [-0.15, -0.1) is 0 Å². The van der Waals surface area contributed by atoms with Gasteiger partial charge in [-0.05, 0) is 48.7 Å². The van der Waals surface area contributed by atoms with Crippen LogP contribution in [0.4, 0.5) is 0 Å². The van der Waals surface area contributed by atoms with Crippen LogP contribution in [0.2, 0.25) is 18.1 Å². The van der Waals surface area contributed by atoms with Gasteiger partial charge in [0.1, 0.15) is 0 Å². The van der Waals surface area contributed by atoms with Gasteiger partial charge in [0.05, 0.1) is 17.7 Å². The Hall–Kier alpha value is -1.43. The second kappa shape index (κ2) is 10.1. The van der Waals surface area contributed by atoms with Gasteiger partial charge in [0.25, 0.3) is 0 Å². The highest BCUT2D eigenvalue weighted by Crippen LogP contribution is 2.34. The summed E-state index contributed by atoms with van der Waals surface area (Å²) in [5.41, 5.74) is 3.43. The van der Waals surface area contributed by atoms with E-state index in [0.29, 0.717) is 0 Å². The van der Waals surface area contributed by atoms with Gasteiger partial charge >= 0.3 is 0 Å². The third-order valence-corrected chi connectivity index (χ3v) is 11.8. The average molecular weight is 475 g/mol. The predicted octanol–water partition coefficient (Wildman–Crippen LogP) is 6.82. The van der Waals surface area contributed by atoms with E-state index >= 15 is 0 Å². The minimum absolute atomic E-state index is 0.0129. The summed E-state index contributed by atoms with van der Waals surface area (Å²) in [6.45, 7) is 8.98. The first-order valence-corrected chi connectivity index (χ1v) is 14.1. The summed E-state index contributed by atoms with van der Waals surface area (Å²) >= 11 is 3.71. The number of oxime groups is 1. The Kier molecular flexibility index (Phi) is 7.71. The lowest BCUT2D eigenvalue weighted by Gasteiger charge is -2.35. The lowest BCUT2D eigenvalue weighted by molar-refractivity contribution is -0.0205. The van der Waals surface area contributed by atoms with Crippen molar-refractivity contribution in [3.05, 3.63) is 70.2 Å². The molecule has 0 saturated heterocycles. The van der Waals surface area contributed by atoms with Crippen molar-refractivity contribution in [1.29, 1.82) is 0 Å². The van der Waals surface area contributed by atoms with E-state index in [1.807, 2.05) is 6.07 Å². The van der Waals surface area contributed by atoms with Crippen LogP contribution in [0.25, 0.3) is 0 Å². The maximum atomic E-state index is 6.78. The third kappa shape index (κ3) is 5.01. The van der Waals surface area contributed by atoms with E-state index in [9.17, 15) is 0 Å². The second-order valence-electron chi connectivity index (χ2n) is 7.88. The van der Waals surface area contributed by atoms with Crippen molar-refractivity contribution in [1.82, 2.24) is 0 Å². The van der Waals surface area contributed by atoms with Crippen LogP contribution < -0.4 is 0 Å². The van der Waals surface area contributed by atoms with E-state index in [1.165, 1.54) is 5.56 Å². The van der Waals surface area contributed by atoms with Crippen molar-refractivity contribution < 1.29 is 9.26 Å². The molecular formula is C24H32BrNO2Si. The maximum Gasteiger partial charge on any atom is 0.192 e. The van der Waals surface area contributed by atoms with Crippen molar-refractivity contribution in [2.24, 2.45) is 11.1 Å². The summed E-state index contributed by atoms with van der Waals surface area (Å²) in [5, 5.41) is 4.56. The van der Waals surface area contributed by atoms with E-state index in [0.717, 1.165) is 40.3 Å². The summed E-state index contributed by atoms with van der Waals surface area (Å²) in [5.74, 6) is 0.156. The molecule has 2 aromatic carbocycles. The molecule has 0 radical (unpaired) electrons. The van der Waals surface area contributed by atoms with Crippen molar-refractivity contribution in [2.75, 3.05) is 0 Å². The second-order valence-corrected chi connectivity index (χ2v) is 13.5. The summed E-state index contributed by atoms with van der Waals surface area (Å²) < 4.78 is 7.91. The fraction of sp³-hybridized carbons (Fsp3) is 0.458. The van der Waals surface area contributed by atoms with E-state index in [2.05, 4.69) is 97.3 Å². The first kappa shape index (κ1) is 22.3. The van der Waals surface area contributed by atoms with E-state index < -0.39 is 8.32 Å². The highest BCUT2D eigenvalue weighted by atomic mass is 79.9. The van der Waals surface area contributed by atoms with Gasteiger partial charge in [-0.3, -0.25) is 0 Å². The van der Waals surface area contributed by atoms with Gasteiger partial charge in [0.15, 0.2) is 14.4 Å². The Labute approximate surface area is 184 Å². The quantitative estimate of drug-likeness (QED) is 0.373. The largest absolute Gasteiger partial charge is 0.410 e. The monoisotopic (exact) mass is 473 g/mol. The highest BCUT2D eigenvalue weighted by Gasteiger charge is 2.42. The van der Waals surface area contributed by atoms with Crippen LogP contribution in [0.5, 0.6) is 0 Å². The standard InChI is InChI=1S/C24H32BrNO2Si/c1-5-29(6-2,7-3)28-18(4)24-21(17-20-15-11-12-16-22(20)25)23(26-27-24)19-13-9-8-10-14-19/h8-16,18,21,24H,5-7,17H2,1-4H3/t18-,21-,24+/m1/s1. The molecule has 0 aliphatic carbocycles. The minimum atomic E-state index is -1.72. The predicted molar refractivity (Wildman–Crippen MR) is 127 cm³/mol. The Morgan fingerprint density at radius 1 is 1.00 bits per heavy atom. The highest BCUT2D eigenvalue weighted by molar-refractivity contribution is 9.10. The first-order chi connectivity index (χ1) is 14.0. The zero-order chi connectivity index (χ0) is 20.9. The maximum absolute atomic E-state index is 6.78. The lowest BCUT2D eigenvalue weighted by atomic mass is 9.85. The SMILES string of the molecule is CC[Si](CC)(CC)O[C@H](C)[C@@H]1ON=C(c2ccccc2)[C@H]1Cc1ccccc1Br. The van der Waals surface area contributed by atoms with Gasteiger partial charge in [0, 0.05) is 4.47 Å². The molecule has 0 spiro atoms. The molecule has 1 aliphatic heterocycles. The molecule has 2 aromatic rings. The Morgan fingerprint density at radius 3 is 2.24 bits per heavy atom. The molecule has 29 heavy (non-hydrogen) atoms. The Morgan fingerprint density at radius 2 is 1.62 bits per heavy atom. The summed E-state index contributed by atoms with van der Waals surface area (Å²) in [6, 6.07) is 22.2. The fourth-order valence-corrected chi connectivity index (χ4v) is 7.65. The van der Waals surface area contributed by atoms with Gasteiger partial charge in [-0.1, -0.05) is 90.4 Å². The lowest BCUT2D eigenvalue weighted by Crippen LogP contribution is -2.45. The van der Waals surface area contributed by atoms with Crippen LogP contribution in [0.15, 0.2) is 64.2 Å². The van der Waals surface area contributed by atoms with E-state index in [1.54, 1.807) is 0 Å². The molecule has 0 fully saturated rings. The van der Waals surface area contributed by atoms with Crippen molar-refractivity contribution in [2.45, 2.75) is 64.5 Å². The molecule has 0 aromatic heterocycles. The summed E-state index contributed by atoms with van der Waals surface area (Å²) in [7, 11) is -1.72. The molecule has 0 amide bonds. The normalized spacial score (nSPS) is 20.2. The van der Waals surface area contributed by atoms with Crippen molar-refractivity contribution in [3.8, 4) is 0 Å². The summed E-state index contributed by atoms with van der Waals surface area (Å²) in [6.07, 6.45) is 0.805. The minimum Gasteiger partial charge on any atom is -0.410 e. The number of nitrogens with zero attached hydrogens (tertiary/aromatic N) is 1. The number of hydrogen-bond donors (Lipinski definition) is 0. The average Bonchev–Trinajstić information content (AvgIpc) is 3.18. The smallest absolute Gasteiger partial charge is 0.192 e. The molecule has 3 rings (SSSR count). The molecule has 156 valence electrons. The zero-order valence-electron chi connectivity index (χ0n) is 17.9.